The van der Waals surface area contributed by atoms with Crippen LogP contribution in [0.2, 0.25) is 0 Å². The number of anilines is 1. The van der Waals surface area contributed by atoms with E-state index in [0.717, 1.165) is 16.9 Å². The predicted octanol–water partition coefficient (Wildman–Crippen LogP) is 4.32. The summed E-state index contributed by atoms with van der Waals surface area (Å²) in [5, 5.41) is 2.79. The molecule has 0 saturated heterocycles. The third-order valence-electron chi connectivity index (χ3n) is 4.14. The Kier molecular flexibility index (Phi) is 4.19. The van der Waals surface area contributed by atoms with E-state index in [9.17, 15) is 9.18 Å². The second kappa shape index (κ2) is 6.80. The lowest BCUT2D eigenvalue weighted by Crippen LogP contribution is -2.15. The Labute approximate surface area is 149 Å². The summed E-state index contributed by atoms with van der Waals surface area (Å²) in [6.07, 6.45) is 3.91. The number of aromatic nitrogens is 2. The molecule has 2 aromatic carbocycles. The highest BCUT2D eigenvalue weighted by atomic mass is 19.1. The molecular weight excluding hydrogens is 329 g/mol. The van der Waals surface area contributed by atoms with Gasteiger partial charge in [-0.05, 0) is 35.9 Å². The number of imidazole rings is 1. The number of amides is 1. The normalized spacial score (nSPS) is 10.8. The Morgan fingerprint density at radius 3 is 2.54 bits per heavy atom. The quantitative estimate of drug-likeness (QED) is 0.599. The molecule has 128 valence electrons. The molecule has 0 fully saturated rings. The Balaban J connectivity index is 1.47. The minimum atomic E-state index is -0.371. The Morgan fingerprint density at radius 2 is 1.77 bits per heavy atom. The molecule has 2 aromatic heterocycles. The first kappa shape index (κ1) is 16.0. The maximum absolute atomic E-state index is 13.6. The van der Waals surface area contributed by atoms with Crippen molar-refractivity contribution in [3.63, 3.8) is 0 Å². The molecule has 1 N–H and O–H groups in total. The zero-order valence-corrected chi connectivity index (χ0v) is 13.9. The van der Waals surface area contributed by atoms with Crippen LogP contribution in [0.15, 0.2) is 79.1 Å². The lowest BCUT2D eigenvalue weighted by Gasteiger charge is -2.06. The zero-order valence-electron chi connectivity index (χ0n) is 13.9. The van der Waals surface area contributed by atoms with Gasteiger partial charge in [0.15, 0.2) is 0 Å². The molecule has 0 unspecified atom stereocenters. The lowest BCUT2D eigenvalue weighted by molar-refractivity contribution is -0.115. The number of fused-ring (bicyclic) bond motifs is 1. The van der Waals surface area contributed by atoms with Crippen LogP contribution in [-0.4, -0.2) is 15.3 Å². The first-order chi connectivity index (χ1) is 12.7. The van der Waals surface area contributed by atoms with Gasteiger partial charge in [0.2, 0.25) is 5.91 Å². The molecule has 5 heteroatoms. The number of hydrogen-bond acceptors (Lipinski definition) is 2. The van der Waals surface area contributed by atoms with Crippen LogP contribution in [0.25, 0.3) is 16.9 Å². The van der Waals surface area contributed by atoms with E-state index in [1.54, 1.807) is 18.2 Å². The summed E-state index contributed by atoms with van der Waals surface area (Å²) in [5.74, 6) is -0.625. The minimum absolute atomic E-state index is 0.000853. The molecule has 0 spiro atoms. The van der Waals surface area contributed by atoms with Gasteiger partial charge in [0.05, 0.1) is 12.1 Å². The van der Waals surface area contributed by atoms with E-state index in [2.05, 4.69) is 10.3 Å². The number of nitrogens with zero attached hydrogens (tertiary/aromatic N) is 2. The minimum Gasteiger partial charge on any atom is -0.326 e. The molecule has 0 aliphatic carbocycles. The summed E-state index contributed by atoms with van der Waals surface area (Å²) in [7, 11) is 0. The van der Waals surface area contributed by atoms with Crippen molar-refractivity contribution < 1.29 is 9.18 Å². The number of carbonyl (C=O) groups is 1. The highest BCUT2D eigenvalue weighted by molar-refractivity contribution is 5.92. The maximum atomic E-state index is 13.6. The van der Waals surface area contributed by atoms with Gasteiger partial charge in [-0.15, -0.1) is 0 Å². The molecule has 4 aromatic rings. The largest absolute Gasteiger partial charge is 0.326 e. The first-order valence-electron chi connectivity index (χ1n) is 8.26. The summed E-state index contributed by atoms with van der Waals surface area (Å²) in [4.78, 5) is 16.7. The van der Waals surface area contributed by atoms with E-state index < -0.39 is 0 Å². The van der Waals surface area contributed by atoms with Crippen molar-refractivity contribution in [1.82, 2.24) is 9.38 Å². The highest BCUT2D eigenvalue weighted by Crippen LogP contribution is 2.21. The fourth-order valence-corrected chi connectivity index (χ4v) is 2.82. The number of carbonyl (C=O) groups excluding carboxylic acids is 1. The van der Waals surface area contributed by atoms with Crippen LogP contribution in [0.5, 0.6) is 0 Å². The van der Waals surface area contributed by atoms with Crippen molar-refractivity contribution in [1.29, 1.82) is 0 Å². The van der Waals surface area contributed by atoms with Gasteiger partial charge < -0.3 is 9.72 Å². The molecule has 0 saturated carbocycles. The van der Waals surface area contributed by atoms with Crippen LogP contribution in [-0.2, 0) is 11.2 Å². The van der Waals surface area contributed by atoms with Crippen molar-refractivity contribution in [2.75, 3.05) is 5.32 Å². The Bertz CT molecular complexity index is 1040. The standard InChI is InChI=1S/C21H16FN3O/c22-18-6-2-1-5-16(18)13-21(26)23-17-10-8-15(9-11-17)19-14-25-12-4-3-7-20(25)24-19/h1-12,14H,13H2,(H,23,26). The van der Waals surface area contributed by atoms with E-state index in [-0.39, 0.29) is 18.1 Å². The van der Waals surface area contributed by atoms with E-state index >= 15 is 0 Å². The molecule has 0 atom stereocenters. The van der Waals surface area contributed by atoms with E-state index in [0.29, 0.717) is 11.3 Å². The van der Waals surface area contributed by atoms with Gasteiger partial charge in [-0.3, -0.25) is 4.79 Å². The number of nitrogens with one attached hydrogen (secondary N) is 1. The van der Waals surface area contributed by atoms with Gasteiger partial charge in [0.25, 0.3) is 0 Å². The number of halogens is 1. The van der Waals surface area contributed by atoms with Crippen molar-refractivity contribution >= 4 is 17.2 Å². The second-order valence-corrected chi connectivity index (χ2v) is 5.99. The Hall–Kier alpha value is -3.47. The van der Waals surface area contributed by atoms with Crippen LogP contribution in [0.3, 0.4) is 0 Å². The fraction of sp³-hybridized carbons (Fsp3) is 0.0476. The molecular formula is C21H16FN3O. The van der Waals surface area contributed by atoms with Crippen LogP contribution in [0.1, 0.15) is 5.56 Å². The number of pyridine rings is 1. The average molecular weight is 345 g/mol. The number of rotatable bonds is 4. The monoisotopic (exact) mass is 345 g/mol. The van der Waals surface area contributed by atoms with Crippen molar-refractivity contribution in [2.24, 2.45) is 0 Å². The molecule has 4 rings (SSSR count). The average Bonchev–Trinajstić information content (AvgIpc) is 3.08. The summed E-state index contributed by atoms with van der Waals surface area (Å²) in [6.45, 7) is 0. The van der Waals surface area contributed by atoms with Gasteiger partial charge in [-0.25, -0.2) is 9.37 Å². The molecule has 0 bridgehead atoms. The molecule has 0 aliphatic rings. The molecule has 0 aliphatic heterocycles. The van der Waals surface area contributed by atoms with E-state index in [1.165, 1.54) is 6.07 Å². The number of hydrogen-bond donors (Lipinski definition) is 1. The van der Waals surface area contributed by atoms with Gasteiger partial charge in [0.1, 0.15) is 11.5 Å². The van der Waals surface area contributed by atoms with Crippen LogP contribution in [0.4, 0.5) is 10.1 Å². The molecule has 0 radical (unpaired) electrons. The van der Waals surface area contributed by atoms with Gasteiger partial charge >= 0.3 is 0 Å². The van der Waals surface area contributed by atoms with Crippen molar-refractivity contribution in [3.8, 4) is 11.3 Å². The van der Waals surface area contributed by atoms with Crippen LogP contribution < -0.4 is 5.32 Å². The van der Waals surface area contributed by atoms with Crippen molar-refractivity contribution in [3.05, 3.63) is 90.5 Å². The van der Waals surface area contributed by atoms with Crippen molar-refractivity contribution in [2.45, 2.75) is 6.42 Å². The zero-order chi connectivity index (χ0) is 17.9. The summed E-state index contributed by atoms with van der Waals surface area (Å²) in [5.41, 5.74) is 3.75. The predicted molar refractivity (Wildman–Crippen MR) is 99.4 cm³/mol. The molecule has 4 nitrogen and oxygen atoms in total. The third-order valence-corrected chi connectivity index (χ3v) is 4.14. The molecule has 1 amide bonds. The van der Waals surface area contributed by atoms with E-state index in [4.69, 9.17) is 0 Å². The lowest BCUT2D eigenvalue weighted by atomic mass is 10.1. The molecule has 26 heavy (non-hydrogen) atoms. The van der Waals surface area contributed by atoms with Gasteiger partial charge in [0, 0.05) is 23.6 Å². The Morgan fingerprint density at radius 1 is 1.00 bits per heavy atom. The summed E-state index contributed by atoms with van der Waals surface area (Å²) < 4.78 is 15.6. The third kappa shape index (κ3) is 3.32. The van der Waals surface area contributed by atoms with Crippen LogP contribution in [0, 0.1) is 5.82 Å². The van der Waals surface area contributed by atoms with Gasteiger partial charge in [-0.1, -0.05) is 36.4 Å². The smallest absolute Gasteiger partial charge is 0.228 e. The fourth-order valence-electron chi connectivity index (χ4n) is 2.82. The summed E-state index contributed by atoms with van der Waals surface area (Å²) >= 11 is 0. The number of benzene rings is 2. The maximum Gasteiger partial charge on any atom is 0.228 e. The van der Waals surface area contributed by atoms with Gasteiger partial charge in [-0.2, -0.15) is 0 Å². The molecule has 2 heterocycles. The second-order valence-electron chi connectivity index (χ2n) is 5.99. The highest BCUT2D eigenvalue weighted by Gasteiger charge is 2.09. The first-order valence-corrected chi connectivity index (χ1v) is 8.26. The topological polar surface area (TPSA) is 46.4 Å². The van der Waals surface area contributed by atoms with E-state index in [1.807, 2.05) is 59.3 Å². The summed E-state index contributed by atoms with van der Waals surface area (Å²) in [6, 6.07) is 19.6. The van der Waals surface area contributed by atoms with Crippen LogP contribution >= 0.6 is 0 Å². The SMILES string of the molecule is O=C(Cc1ccccc1F)Nc1ccc(-c2cn3ccccc3n2)cc1.